The molecule has 2 rings (SSSR count). The van der Waals surface area contributed by atoms with Gasteiger partial charge in [0.2, 0.25) is 10.0 Å². The number of carbonyl (C=O) groups is 1. The average Bonchev–Trinajstić information content (AvgIpc) is 2.62. The van der Waals surface area contributed by atoms with Crippen molar-refractivity contribution in [1.82, 2.24) is 4.72 Å². The van der Waals surface area contributed by atoms with Crippen LogP contribution < -0.4 is 14.8 Å². The third kappa shape index (κ3) is 6.22. The summed E-state index contributed by atoms with van der Waals surface area (Å²) in [4.78, 5) is 12.2. The summed E-state index contributed by atoms with van der Waals surface area (Å²) in [5.74, 6) is 0.0871. The van der Waals surface area contributed by atoms with Crippen molar-refractivity contribution in [1.29, 1.82) is 0 Å². The Kier molecular flexibility index (Phi) is 7.46. The predicted molar refractivity (Wildman–Crippen MR) is 112 cm³/mol. The number of carbonyl (C=O) groups excluding carboxylic acids is 1. The van der Waals surface area contributed by atoms with Crippen LogP contribution in [-0.4, -0.2) is 27.5 Å². The molecule has 0 unspecified atom stereocenters. The first kappa shape index (κ1) is 22.2. The number of ether oxygens (including phenoxy) is 1. The van der Waals surface area contributed by atoms with Crippen molar-refractivity contribution >= 4 is 33.2 Å². The highest BCUT2D eigenvalue weighted by Gasteiger charge is 2.17. The lowest BCUT2D eigenvalue weighted by Gasteiger charge is -2.12. The summed E-state index contributed by atoms with van der Waals surface area (Å²) in [5.41, 5.74) is 2.70. The summed E-state index contributed by atoms with van der Waals surface area (Å²) in [5, 5.41) is 2.91. The Morgan fingerprint density at radius 2 is 1.86 bits per heavy atom. The fourth-order valence-electron chi connectivity index (χ4n) is 2.33. The molecule has 0 bridgehead atoms. The minimum atomic E-state index is -3.64. The van der Waals surface area contributed by atoms with Gasteiger partial charge in [-0.3, -0.25) is 4.79 Å². The van der Waals surface area contributed by atoms with Crippen molar-refractivity contribution in [2.75, 3.05) is 18.5 Å². The molecule has 0 aliphatic carbocycles. The molecule has 0 aromatic heterocycles. The fraction of sp³-hybridized carbons (Fsp3) is 0.350. The molecule has 8 heteroatoms. The summed E-state index contributed by atoms with van der Waals surface area (Å²) >= 11 is 6.14. The van der Waals surface area contributed by atoms with Gasteiger partial charge in [-0.25, -0.2) is 13.1 Å². The van der Waals surface area contributed by atoms with Crippen LogP contribution in [0.3, 0.4) is 0 Å². The van der Waals surface area contributed by atoms with Crippen LogP contribution in [-0.2, 0) is 14.8 Å². The van der Waals surface area contributed by atoms with Crippen LogP contribution in [0.4, 0.5) is 5.69 Å². The van der Waals surface area contributed by atoms with Gasteiger partial charge in [-0.15, -0.1) is 0 Å². The Balaban J connectivity index is 2.01. The zero-order chi connectivity index (χ0) is 20.9. The van der Waals surface area contributed by atoms with Crippen molar-refractivity contribution < 1.29 is 17.9 Å². The molecule has 28 heavy (non-hydrogen) atoms. The predicted octanol–water partition coefficient (Wildman–Crippen LogP) is 3.91. The van der Waals surface area contributed by atoms with E-state index in [1.807, 2.05) is 45.9 Å². The van der Waals surface area contributed by atoms with Gasteiger partial charge in [-0.05, 0) is 55.2 Å². The molecular weight excluding hydrogens is 400 g/mol. The Labute approximate surface area is 171 Å². The highest BCUT2D eigenvalue weighted by molar-refractivity contribution is 7.89. The SMILES string of the molecule is Cc1ccc(C)c(NC(=O)COc2ccc(S(=O)(=O)NCC(C)C)cc2Cl)c1. The van der Waals surface area contributed by atoms with Crippen LogP contribution in [0.25, 0.3) is 0 Å². The van der Waals surface area contributed by atoms with Crippen LogP contribution in [0.15, 0.2) is 41.3 Å². The molecule has 1 amide bonds. The molecule has 0 radical (unpaired) electrons. The number of benzene rings is 2. The van der Waals surface area contributed by atoms with Gasteiger partial charge < -0.3 is 10.1 Å². The Morgan fingerprint density at radius 1 is 1.14 bits per heavy atom. The van der Waals surface area contributed by atoms with Gasteiger partial charge in [0.15, 0.2) is 6.61 Å². The number of halogens is 1. The third-order valence-corrected chi connectivity index (χ3v) is 5.64. The number of hydrogen-bond donors (Lipinski definition) is 2. The largest absolute Gasteiger partial charge is 0.482 e. The van der Waals surface area contributed by atoms with Crippen molar-refractivity contribution in [2.45, 2.75) is 32.6 Å². The lowest BCUT2D eigenvalue weighted by Crippen LogP contribution is -2.27. The summed E-state index contributed by atoms with van der Waals surface area (Å²) in [7, 11) is -3.64. The molecule has 0 aliphatic rings. The van der Waals surface area contributed by atoms with Gasteiger partial charge in [-0.1, -0.05) is 37.6 Å². The van der Waals surface area contributed by atoms with Crippen LogP contribution in [0, 0.1) is 19.8 Å². The van der Waals surface area contributed by atoms with E-state index in [1.54, 1.807) is 0 Å². The standard InChI is InChI=1S/C20H25ClN2O4S/c1-13(2)11-22-28(25,26)16-7-8-19(17(21)10-16)27-12-20(24)23-18-9-14(3)5-6-15(18)4/h5-10,13,22H,11-12H2,1-4H3,(H,23,24). The second-order valence-electron chi connectivity index (χ2n) is 6.99. The zero-order valence-electron chi connectivity index (χ0n) is 16.4. The lowest BCUT2D eigenvalue weighted by atomic mass is 10.1. The van der Waals surface area contributed by atoms with Crippen LogP contribution in [0.2, 0.25) is 5.02 Å². The molecule has 2 N–H and O–H groups in total. The van der Waals surface area contributed by atoms with E-state index in [1.165, 1.54) is 18.2 Å². The van der Waals surface area contributed by atoms with Crippen LogP contribution in [0.1, 0.15) is 25.0 Å². The average molecular weight is 425 g/mol. The number of hydrogen-bond acceptors (Lipinski definition) is 4. The van der Waals surface area contributed by atoms with E-state index < -0.39 is 10.0 Å². The second-order valence-corrected chi connectivity index (χ2v) is 9.17. The Hall–Kier alpha value is -2.09. The van der Waals surface area contributed by atoms with Gasteiger partial charge in [0, 0.05) is 12.2 Å². The van der Waals surface area contributed by atoms with Crippen molar-refractivity contribution in [2.24, 2.45) is 5.92 Å². The van der Waals surface area contributed by atoms with Gasteiger partial charge in [0.1, 0.15) is 5.75 Å². The summed E-state index contributed by atoms with van der Waals surface area (Å²) in [6.45, 7) is 7.75. The van der Waals surface area contributed by atoms with E-state index >= 15 is 0 Å². The second kappa shape index (κ2) is 9.41. The van der Waals surface area contributed by atoms with Gasteiger partial charge >= 0.3 is 0 Å². The number of sulfonamides is 1. The maximum Gasteiger partial charge on any atom is 0.262 e. The first-order valence-corrected chi connectivity index (χ1v) is 10.7. The molecule has 0 atom stereocenters. The highest BCUT2D eigenvalue weighted by atomic mass is 35.5. The lowest BCUT2D eigenvalue weighted by molar-refractivity contribution is -0.118. The fourth-order valence-corrected chi connectivity index (χ4v) is 3.86. The van der Waals surface area contributed by atoms with Gasteiger partial charge in [-0.2, -0.15) is 0 Å². The Morgan fingerprint density at radius 3 is 2.50 bits per heavy atom. The molecule has 0 saturated carbocycles. The number of amides is 1. The number of anilines is 1. The smallest absolute Gasteiger partial charge is 0.262 e. The molecule has 0 spiro atoms. The first-order chi connectivity index (χ1) is 13.1. The summed E-state index contributed by atoms with van der Waals surface area (Å²) in [6.07, 6.45) is 0. The van der Waals surface area contributed by atoms with Crippen LogP contribution >= 0.6 is 11.6 Å². The van der Waals surface area contributed by atoms with Crippen LogP contribution in [0.5, 0.6) is 5.75 Å². The normalized spacial score (nSPS) is 11.5. The topological polar surface area (TPSA) is 84.5 Å². The van der Waals surface area contributed by atoms with E-state index in [0.29, 0.717) is 6.54 Å². The molecular formula is C20H25ClN2O4S. The first-order valence-electron chi connectivity index (χ1n) is 8.87. The van der Waals surface area contributed by atoms with Crippen molar-refractivity contribution in [3.8, 4) is 5.75 Å². The quantitative estimate of drug-likeness (QED) is 0.672. The number of aryl methyl sites for hydroxylation is 2. The molecule has 2 aromatic rings. The molecule has 0 aliphatic heterocycles. The van der Waals surface area contributed by atoms with Gasteiger partial charge in [0.05, 0.1) is 9.92 Å². The monoisotopic (exact) mass is 424 g/mol. The zero-order valence-corrected chi connectivity index (χ0v) is 17.9. The maximum atomic E-state index is 12.3. The number of rotatable bonds is 8. The van der Waals surface area contributed by atoms with E-state index in [2.05, 4.69) is 10.0 Å². The van der Waals surface area contributed by atoms with Gasteiger partial charge in [0.25, 0.3) is 5.91 Å². The molecule has 2 aromatic carbocycles. The third-order valence-electron chi connectivity index (χ3n) is 3.92. The van der Waals surface area contributed by atoms with E-state index in [0.717, 1.165) is 16.8 Å². The van der Waals surface area contributed by atoms with Crippen molar-refractivity contribution in [3.63, 3.8) is 0 Å². The maximum absolute atomic E-state index is 12.3. The summed E-state index contributed by atoms with van der Waals surface area (Å²) in [6, 6.07) is 9.91. The molecule has 0 saturated heterocycles. The van der Waals surface area contributed by atoms with E-state index in [-0.39, 0.29) is 34.1 Å². The Bertz CT molecular complexity index is 959. The van der Waals surface area contributed by atoms with Crippen molar-refractivity contribution in [3.05, 3.63) is 52.5 Å². The van der Waals surface area contributed by atoms with E-state index in [4.69, 9.17) is 16.3 Å². The molecule has 6 nitrogen and oxygen atoms in total. The molecule has 0 heterocycles. The summed E-state index contributed by atoms with van der Waals surface area (Å²) < 4.78 is 32.5. The molecule has 0 fully saturated rings. The van der Waals surface area contributed by atoms with E-state index in [9.17, 15) is 13.2 Å². The minimum absolute atomic E-state index is 0.0466. The minimum Gasteiger partial charge on any atom is -0.482 e. The molecule has 152 valence electrons. The number of nitrogens with one attached hydrogen (secondary N) is 2. The highest BCUT2D eigenvalue weighted by Crippen LogP contribution is 2.27.